The third kappa shape index (κ3) is 2.49. The Bertz CT molecular complexity index is 394. The summed E-state index contributed by atoms with van der Waals surface area (Å²) in [6.45, 7) is 3.61. The van der Waals surface area contributed by atoms with Gasteiger partial charge in [0.1, 0.15) is 5.41 Å². The molecule has 2 aliphatic rings. The molecule has 1 aliphatic heterocycles. The van der Waals surface area contributed by atoms with Crippen molar-refractivity contribution in [2.45, 2.75) is 38.6 Å². The summed E-state index contributed by atoms with van der Waals surface area (Å²) in [5.41, 5.74) is 5.05. The van der Waals surface area contributed by atoms with Crippen molar-refractivity contribution in [2.24, 2.45) is 22.2 Å². The van der Waals surface area contributed by atoms with Crippen LogP contribution in [0, 0.1) is 11.3 Å². The van der Waals surface area contributed by atoms with Crippen molar-refractivity contribution in [3.8, 4) is 0 Å². The zero-order valence-electron chi connectivity index (χ0n) is 12.7. The Hall–Kier alpha value is -1.30. The van der Waals surface area contributed by atoms with Crippen molar-refractivity contribution < 1.29 is 10.0 Å². The second-order valence-corrected chi connectivity index (χ2v) is 6.57. The summed E-state index contributed by atoms with van der Waals surface area (Å²) in [6.07, 6.45) is 3.35. The summed E-state index contributed by atoms with van der Waals surface area (Å²) >= 11 is 0. The van der Waals surface area contributed by atoms with Gasteiger partial charge in [-0.15, -0.1) is 0 Å². The summed E-state index contributed by atoms with van der Waals surface area (Å²) in [5.74, 6) is 0.581. The Morgan fingerprint density at radius 2 is 1.90 bits per heavy atom. The Labute approximate surface area is 120 Å². The van der Waals surface area contributed by atoms with Gasteiger partial charge in [0, 0.05) is 19.1 Å². The van der Waals surface area contributed by atoms with Gasteiger partial charge in [0.05, 0.1) is 0 Å². The molecule has 114 valence electrons. The van der Waals surface area contributed by atoms with E-state index < -0.39 is 5.41 Å². The first-order chi connectivity index (χ1) is 9.40. The fraction of sp³-hybridized carbons (Fsp3) is 0.857. The molecule has 6 heteroatoms. The molecule has 0 aromatic carbocycles. The van der Waals surface area contributed by atoms with E-state index in [-0.39, 0.29) is 11.7 Å². The minimum absolute atomic E-state index is 0.0445. The van der Waals surface area contributed by atoms with Gasteiger partial charge in [-0.2, -0.15) is 0 Å². The predicted molar refractivity (Wildman–Crippen MR) is 77.5 cm³/mol. The van der Waals surface area contributed by atoms with E-state index in [1.807, 2.05) is 4.90 Å². The van der Waals surface area contributed by atoms with E-state index in [1.165, 1.54) is 0 Å². The number of hydrogen-bond donors (Lipinski definition) is 2. The van der Waals surface area contributed by atoms with Gasteiger partial charge in [-0.1, -0.05) is 12.1 Å². The van der Waals surface area contributed by atoms with Crippen molar-refractivity contribution in [1.29, 1.82) is 0 Å². The van der Waals surface area contributed by atoms with Crippen molar-refractivity contribution in [2.75, 3.05) is 27.2 Å². The molecule has 1 aliphatic carbocycles. The van der Waals surface area contributed by atoms with Crippen molar-refractivity contribution in [1.82, 2.24) is 9.80 Å². The molecule has 0 unspecified atom stereocenters. The highest BCUT2D eigenvalue weighted by Crippen LogP contribution is 2.47. The van der Waals surface area contributed by atoms with E-state index >= 15 is 0 Å². The molecule has 20 heavy (non-hydrogen) atoms. The minimum atomic E-state index is -0.751. The van der Waals surface area contributed by atoms with E-state index in [2.05, 4.69) is 31.1 Å². The molecule has 6 nitrogen and oxygen atoms in total. The van der Waals surface area contributed by atoms with E-state index in [9.17, 15) is 4.79 Å². The van der Waals surface area contributed by atoms with E-state index in [0.717, 1.165) is 25.9 Å². The first kappa shape index (κ1) is 15.1. The molecule has 0 atom stereocenters. The average Bonchev–Trinajstić information content (AvgIpc) is 2.42. The molecule has 2 fully saturated rings. The third-order valence-electron chi connectivity index (χ3n) is 4.88. The van der Waals surface area contributed by atoms with Gasteiger partial charge in [0.2, 0.25) is 5.91 Å². The lowest BCUT2D eigenvalue weighted by atomic mass is 9.61. The van der Waals surface area contributed by atoms with Crippen LogP contribution in [-0.2, 0) is 4.79 Å². The first-order valence-corrected chi connectivity index (χ1v) is 7.34. The zero-order chi connectivity index (χ0) is 14.9. The second kappa shape index (κ2) is 5.60. The van der Waals surface area contributed by atoms with Gasteiger partial charge in [-0.05, 0) is 45.7 Å². The summed E-state index contributed by atoms with van der Waals surface area (Å²) in [4.78, 5) is 16.9. The maximum Gasteiger partial charge on any atom is 0.236 e. The van der Waals surface area contributed by atoms with Gasteiger partial charge in [-0.25, -0.2) is 0 Å². The number of piperidine rings is 1. The SMILES string of the molecule is CC1CC(C(=O)N2CCC(N(C)C)CC2)(C(N)=NO)C1. The zero-order valence-corrected chi connectivity index (χ0v) is 12.7. The van der Waals surface area contributed by atoms with Crippen LogP contribution in [-0.4, -0.2) is 60.0 Å². The van der Waals surface area contributed by atoms with Crippen LogP contribution in [0.5, 0.6) is 0 Å². The molecule has 0 bridgehead atoms. The number of rotatable bonds is 3. The number of oxime groups is 1. The number of amides is 1. The highest BCUT2D eigenvalue weighted by molar-refractivity contribution is 6.07. The number of nitrogens with zero attached hydrogens (tertiary/aromatic N) is 3. The minimum Gasteiger partial charge on any atom is -0.409 e. The molecular weight excluding hydrogens is 256 g/mol. The first-order valence-electron chi connectivity index (χ1n) is 7.34. The summed E-state index contributed by atoms with van der Waals surface area (Å²) in [6, 6.07) is 0.541. The number of carbonyl (C=O) groups is 1. The van der Waals surface area contributed by atoms with Crippen LogP contribution in [0.2, 0.25) is 0 Å². The normalized spacial score (nSPS) is 32.3. The smallest absolute Gasteiger partial charge is 0.236 e. The monoisotopic (exact) mass is 282 g/mol. The van der Waals surface area contributed by atoms with Crippen LogP contribution >= 0.6 is 0 Å². The summed E-state index contributed by atoms with van der Waals surface area (Å²) in [7, 11) is 4.15. The predicted octanol–water partition coefficient (Wildman–Crippen LogP) is 0.702. The Morgan fingerprint density at radius 3 is 2.30 bits per heavy atom. The molecule has 1 saturated carbocycles. The summed E-state index contributed by atoms with van der Waals surface area (Å²) in [5, 5.41) is 12.1. The quantitative estimate of drug-likeness (QED) is 0.345. The maximum absolute atomic E-state index is 12.8. The number of nitrogens with two attached hydrogens (primary N) is 1. The fourth-order valence-electron chi connectivity index (χ4n) is 3.61. The van der Waals surface area contributed by atoms with Gasteiger partial charge in [-0.3, -0.25) is 4.79 Å². The largest absolute Gasteiger partial charge is 0.409 e. The van der Waals surface area contributed by atoms with Crippen LogP contribution in [0.25, 0.3) is 0 Å². The molecule has 0 aromatic heterocycles. The van der Waals surface area contributed by atoms with E-state index in [4.69, 9.17) is 10.9 Å². The highest BCUT2D eigenvalue weighted by Gasteiger charge is 2.53. The highest BCUT2D eigenvalue weighted by atomic mass is 16.4. The number of carbonyl (C=O) groups excluding carboxylic acids is 1. The van der Waals surface area contributed by atoms with Gasteiger partial charge >= 0.3 is 0 Å². The summed E-state index contributed by atoms with van der Waals surface area (Å²) < 4.78 is 0. The number of hydrogen-bond acceptors (Lipinski definition) is 4. The third-order valence-corrected chi connectivity index (χ3v) is 4.88. The van der Waals surface area contributed by atoms with Gasteiger partial charge < -0.3 is 20.7 Å². The van der Waals surface area contributed by atoms with Crippen LogP contribution < -0.4 is 5.73 Å². The Kier molecular flexibility index (Phi) is 4.22. The van der Waals surface area contributed by atoms with Crippen LogP contribution in [0.3, 0.4) is 0 Å². The lowest BCUT2D eigenvalue weighted by Crippen LogP contribution is -2.59. The van der Waals surface area contributed by atoms with Crippen LogP contribution in [0.1, 0.15) is 32.6 Å². The Morgan fingerprint density at radius 1 is 1.35 bits per heavy atom. The van der Waals surface area contributed by atoms with E-state index in [0.29, 0.717) is 24.8 Å². The van der Waals surface area contributed by atoms with E-state index in [1.54, 1.807) is 0 Å². The number of likely N-dealkylation sites (tertiary alicyclic amines) is 1. The maximum atomic E-state index is 12.8. The molecule has 1 saturated heterocycles. The molecule has 0 spiro atoms. The second-order valence-electron chi connectivity index (χ2n) is 6.57. The van der Waals surface area contributed by atoms with Crippen molar-refractivity contribution in [3.05, 3.63) is 0 Å². The van der Waals surface area contributed by atoms with Crippen molar-refractivity contribution >= 4 is 11.7 Å². The molecule has 2 rings (SSSR count). The standard InChI is InChI=1S/C14H26N4O2/c1-10-8-14(9-10,12(15)16-20)13(19)18-6-4-11(5-7-18)17(2)3/h10-11,20H,4-9H2,1-3H3,(H2,15,16). The Balaban J connectivity index is 2.04. The molecule has 0 aromatic rings. The topological polar surface area (TPSA) is 82.2 Å². The lowest BCUT2D eigenvalue weighted by molar-refractivity contribution is -0.146. The van der Waals surface area contributed by atoms with Crippen molar-refractivity contribution in [3.63, 3.8) is 0 Å². The number of amidine groups is 1. The van der Waals surface area contributed by atoms with Crippen LogP contribution in [0.4, 0.5) is 0 Å². The van der Waals surface area contributed by atoms with Gasteiger partial charge in [0.25, 0.3) is 0 Å². The van der Waals surface area contributed by atoms with Crippen LogP contribution in [0.15, 0.2) is 5.16 Å². The molecule has 1 amide bonds. The molecule has 0 radical (unpaired) electrons. The molecule has 1 heterocycles. The molecule has 3 N–H and O–H groups in total. The molecular formula is C14H26N4O2. The lowest BCUT2D eigenvalue weighted by Gasteiger charge is -2.47. The van der Waals surface area contributed by atoms with Gasteiger partial charge in [0.15, 0.2) is 5.84 Å². The average molecular weight is 282 g/mol. The fourth-order valence-corrected chi connectivity index (χ4v) is 3.61.